The number of aromatic nitrogens is 4. The smallest absolute Gasteiger partial charge is 0.258 e. The molecule has 9 nitrogen and oxygen atoms in total. The minimum absolute atomic E-state index is 0.0704. The van der Waals surface area contributed by atoms with Crippen molar-refractivity contribution in [2.24, 2.45) is 5.10 Å². The number of nitrogens with zero attached hydrogens (tertiary/aromatic N) is 5. The summed E-state index contributed by atoms with van der Waals surface area (Å²) >= 11 is 1.03. The number of rotatable bonds is 4. The lowest BCUT2D eigenvalue weighted by molar-refractivity contribution is -0.380. The van der Waals surface area contributed by atoms with Crippen molar-refractivity contribution in [2.75, 3.05) is 5.43 Å². The Morgan fingerprint density at radius 2 is 2.50 bits per heavy atom. The van der Waals surface area contributed by atoms with E-state index in [1.807, 2.05) is 0 Å². The highest BCUT2D eigenvalue weighted by Gasteiger charge is 2.07. The van der Waals surface area contributed by atoms with Gasteiger partial charge >= 0.3 is 5.00 Å². The Hall–Kier alpha value is -2.36. The lowest BCUT2D eigenvalue weighted by atomic mass is 10.5. The third-order valence-corrected chi connectivity index (χ3v) is 2.47. The van der Waals surface area contributed by atoms with Gasteiger partial charge in [-0.15, -0.1) is 5.10 Å². The first-order valence-corrected chi connectivity index (χ1v) is 4.84. The van der Waals surface area contributed by atoms with Gasteiger partial charge in [-0.1, -0.05) is 16.4 Å². The van der Waals surface area contributed by atoms with E-state index in [-0.39, 0.29) is 10.9 Å². The van der Waals surface area contributed by atoms with Gasteiger partial charge in [0, 0.05) is 6.07 Å². The van der Waals surface area contributed by atoms with Gasteiger partial charge in [0.2, 0.25) is 0 Å². The van der Waals surface area contributed by atoms with Crippen LogP contribution in [0.3, 0.4) is 0 Å². The Morgan fingerprint density at radius 1 is 1.62 bits per heavy atom. The number of hydrogen-bond acceptors (Lipinski definition) is 8. The van der Waals surface area contributed by atoms with E-state index < -0.39 is 4.92 Å². The van der Waals surface area contributed by atoms with E-state index in [1.54, 1.807) is 6.07 Å². The van der Waals surface area contributed by atoms with Crippen molar-refractivity contribution in [1.29, 1.82) is 0 Å². The minimum Gasteiger partial charge on any atom is -0.258 e. The first kappa shape index (κ1) is 10.2. The molecule has 0 unspecified atom stereocenters. The van der Waals surface area contributed by atoms with Crippen LogP contribution in [0, 0.1) is 10.1 Å². The van der Waals surface area contributed by atoms with Gasteiger partial charge in [-0.05, 0) is 11.3 Å². The second-order valence-electron chi connectivity index (χ2n) is 2.54. The van der Waals surface area contributed by atoms with Crippen LogP contribution in [0.5, 0.6) is 0 Å². The number of hydrogen-bond donors (Lipinski definition) is 2. The van der Waals surface area contributed by atoms with Crippen molar-refractivity contribution in [1.82, 2.24) is 20.6 Å². The number of aromatic amines is 1. The average Bonchev–Trinajstić information content (AvgIpc) is 2.87. The van der Waals surface area contributed by atoms with Crippen molar-refractivity contribution >= 4 is 28.5 Å². The lowest BCUT2D eigenvalue weighted by Gasteiger charge is -1.87. The predicted octanol–water partition coefficient (Wildman–Crippen LogP) is 0.615. The predicted molar refractivity (Wildman–Crippen MR) is 56.4 cm³/mol. The molecule has 0 amide bonds. The molecule has 16 heavy (non-hydrogen) atoms. The van der Waals surface area contributed by atoms with Crippen molar-refractivity contribution in [2.45, 2.75) is 0 Å². The fourth-order valence-corrected chi connectivity index (χ4v) is 1.57. The maximum absolute atomic E-state index is 10.4. The third-order valence-electron chi connectivity index (χ3n) is 1.49. The number of thiophene rings is 1. The summed E-state index contributed by atoms with van der Waals surface area (Å²) in [6.07, 6.45) is 1.44. The van der Waals surface area contributed by atoms with Crippen LogP contribution in [0.25, 0.3) is 0 Å². The van der Waals surface area contributed by atoms with Gasteiger partial charge in [-0.25, -0.2) is 5.43 Å². The Kier molecular flexibility index (Phi) is 2.82. The molecule has 0 bridgehead atoms. The Morgan fingerprint density at radius 3 is 3.12 bits per heavy atom. The molecule has 82 valence electrons. The van der Waals surface area contributed by atoms with Gasteiger partial charge < -0.3 is 0 Å². The summed E-state index contributed by atoms with van der Waals surface area (Å²) in [7, 11) is 0. The molecular weight excluding hydrogens is 234 g/mol. The van der Waals surface area contributed by atoms with Gasteiger partial charge in [0.05, 0.1) is 16.0 Å². The first-order chi connectivity index (χ1) is 7.75. The highest BCUT2D eigenvalue weighted by atomic mass is 32.1. The van der Waals surface area contributed by atoms with Crippen LogP contribution >= 0.6 is 11.3 Å². The number of hydrazone groups is 1. The van der Waals surface area contributed by atoms with Crippen LogP contribution < -0.4 is 5.43 Å². The number of nitro groups is 1. The van der Waals surface area contributed by atoms with Gasteiger partial charge in [0.1, 0.15) is 0 Å². The molecule has 2 aromatic heterocycles. The molecule has 0 radical (unpaired) electrons. The van der Waals surface area contributed by atoms with E-state index >= 15 is 0 Å². The molecule has 2 N–H and O–H groups in total. The summed E-state index contributed by atoms with van der Waals surface area (Å²) in [6, 6.07) is 3.02. The number of tetrazole rings is 1. The van der Waals surface area contributed by atoms with Crippen molar-refractivity contribution in [3.63, 3.8) is 0 Å². The van der Waals surface area contributed by atoms with Crippen LogP contribution in [0.2, 0.25) is 0 Å². The molecule has 0 saturated heterocycles. The molecule has 0 spiro atoms. The second-order valence-corrected chi connectivity index (χ2v) is 3.63. The summed E-state index contributed by atoms with van der Waals surface area (Å²) < 4.78 is 0. The largest absolute Gasteiger partial charge is 0.324 e. The molecule has 0 aliphatic rings. The molecule has 2 heterocycles. The standard InChI is InChI=1S/C6H5N7O2S/c14-13(15)5-2-1-4(16-5)3-7-8-6-9-11-12-10-6/h1-3H,(H2,8,9,10,11,12). The van der Waals surface area contributed by atoms with Crippen LogP contribution in [0.1, 0.15) is 4.88 Å². The topological polar surface area (TPSA) is 122 Å². The average molecular weight is 239 g/mol. The second kappa shape index (κ2) is 4.44. The summed E-state index contributed by atoms with van der Waals surface area (Å²) in [5.41, 5.74) is 2.50. The quantitative estimate of drug-likeness (QED) is 0.458. The number of H-pyrrole nitrogens is 1. The van der Waals surface area contributed by atoms with Gasteiger partial charge in [-0.3, -0.25) is 10.1 Å². The Balaban J connectivity index is 1.98. The van der Waals surface area contributed by atoms with Crippen LogP contribution in [0.4, 0.5) is 10.9 Å². The highest BCUT2D eigenvalue weighted by Crippen LogP contribution is 2.22. The monoisotopic (exact) mass is 239 g/mol. The van der Waals surface area contributed by atoms with Gasteiger partial charge in [0.15, 0.2) is 0 Å². The summed E-state index contributed by atoms with van der Waals surface area (Å²) in [5, 5.41) is 27.0. The third kappa shape index (κ3) is 2.36. The first-order valence-electron chi connectivity index (χ1n) is 4.02. The fourth-order valence-electron chi connectivity index (χ4n) is 0.873. The maximum atomic E-state index is 10.4. The van der Waals surface area contributed by atoms with Gasteiger partial charge in [-0.2, -0.15) is 10.3 Å². The normalized spacial score (nSPS) is 10.8. The number of nitrogens with one attached hydrogen (secondary N) is 2. The molecule has 2 aromatic rings. The van der Waals surface area contributed by atoms with Crippen LogP contribution in [0.15, 0.2) is 17.2 Å². The van der Waals surface area contributed by atoms with Crippen LogP contribution in [-0.2, 0) is 0 Å². The lowest BCUT2D eigenvalue weighted by Crippen LogP contribution is -1.91. The molecule has 0 fully saturated rings. The Labute approximate surface area is 92.3 Å². The maximum Gasteiger partial charge on any atom is 0.324 e. The van der Waals surface area contributed by atoms with Crippen molar-refractivity contribution in [3.05, 3.63) is 27.1 Å². The zero-order chi connectivity index (χ0) is 11.4. The van der Waals surface area contributed by atoms with E-state index in [9.17, 15) is 10.1 Å². The van der Waals surface area contributed by atoms with E-state index in [0.29, 0.717) is 4.88 Å². The molecule has 0 atom stereocenters. The van der Waals surface area contributed by atoms with E-state index in [1.165, 1.54) is 12.3 Å². The minimum atomic E-state index is -0.450. The van der Waals surface area contributed by atoms with Crippen molar-refractivity contribution in [3.8, 4) is 0 Å². The Bertz CT molecular complexity index is 505. The van der Waals surface area contributed by atoms with E-state index in [0.717, 1.165) is 11.3 Å². The molecule has 0 aliphatic heterocycles. The zero-order valence-corrected chi connectivity index (χ0v) is 8.51. The van der Waals surface area contributed by atoms with E-state index in [4.69, 9.17) is 0 Å². The van der Waals surface area contributed by atoms with Crippen molar-refractivity contribution < 1.29 is 4.92 Å². The number of anilines is 1. The molecule has 2 rings (SSSR count). The molecule has 10 heteroatoms. The highest BCUT2D eigenvalue weighted by molar-refractivity contribution is 7.16. The van der Waals surface area contributed by atoms with Crippen LogP contribution in [-0.4, -0.2) is 31.8 Å². The summed E-state index contributed by atoms with van der Waals surface area (Å²) in [4.78, 5) is 10.6. The summed E-state index contributed by atoms with van der Waals surface area (Å²) in [6.45, 7) is 0. The molecule has 0 saturated carbocycles. The van der Waals surface area contributed by atoms with E-state index in [2.05, 4.69) is 31.2 Å². The summed E-state index contributed by atoms with van der Waals surface area (Å²) in [5.74, 6) is 0.224. The zero-order valence-electron chi connectivity index (χ0n) is 7.69. The molecule has 0 aromatic carbocycles. The van der Waals surface area contributed by atoms with Gasteiger partial charge in [0.25, 0.3) is 5.95 Å². The SMILES string of the molecule is O=[N+]([O-])c1ccc(C=NNc2nn[nH]n2)s1. The fraction of sp³-hybridized carbons (Fsp3) is 0. The molecular formula is C6H5N7O2S. The molecule has 0 aliphatic carbocycles.